The van der Waals surface area contributed by atoms with Gasteiger partial charge in [0.15, 0.2) is 9.84 Å². The summed E-state index contributed by atoms with van der Waals surface area (Å²) in [6.07, 6.45) is 2.89. The lowest BCUT2D eigenvalue weighted by molar-refractivity contribution is -0.120. The molecule has 0 aromatic heterocycles. The van der Waals surface area contributed by atoms with E-state index >= 15 is 0 Å². The highest BCUT2D eigenvalue weighted by Gasteiger charge is 2.28. The van der Waals surface area contributed by atoms with Crippen molar-refractivity contribution in [2.45, 2.75) is 31.1 Å². The topological polar surface area (TPSA) is 89.3 Å². The van der Waals surface area contributed by atoms with Crippen molar-refractivity contribution in [2.24, 2.45) is 11.7 Å². The summed E-state index contributed by atoms with van der Waals surface area (Å²) in [5.41, 5.74) is 5.60. The summed E-state index contributed by atoms with van der Waals surface area (Å²) in [6.45, 7) is 1.93. The van der Waals surface area contributed by atoms with Crippen molar-refractivity contribution in [3.8, 4) is 0 Å². The van der Waals surface area contributed by atoms with Crippen LogP contribution in [0.2, 0.25) is 0 Å². The van der Waals surface area contributed by atoms with E-state index in [9.17, 15) is 13.2 Å². The second kappa shape index (κ2) is 4.49. The Labute approximate surface area is 90.3 Å². The Morgan fingerprint density at radius 3 is 2.47 bits per heavy atom. The zero-order valence-electron chi connectivity index (χ0n) is 9.06. The molecule has 1 aliphatic carbocycles. The third-order valence-corrected chi connectivity index (χ3v) is 4.35. The summed E-state index contributed by atoms with van der Waals surface area (Å²) >= 11 is 0. The van der Waals surface area contributed by atoms with Crippen molar-refractivity contribution >= 4 is 15.7 Å². The Morgan fingerprint density at radius 2 is 2.07 bits per heavy atom. The summed E-state index contributed by atoms with van der Waals surface area (Å²) in [5, 5.41) is 1.67. The molecule has 1 aliphatic rings. The van der Waals surface area contributed by atoms with E-state index < -0.39 is 21.0 Å². The van der Waals surface area contributed by atoms with Crippen LogP contribution in [0.1, 0.15) is 19.8 Å². The lowest BCUT2D eigenvalue weighted by Crippen LogP contribution is -2.45. The maximum atomic E-state index is 11.4. The zero-order valence-corrected chi connectivity index (χ0v) is 9.88. The van der Waals surface area contributed by atoms with Gasteiger partial charge in [0, 0.05) is 18.8 Å². The van der Waals surface area contributed by atoms with Crippen LogP contribution < -0.4 is 11.1 Å². The predicted octanol–water partition coefficient (Wildman–Crippen LogP) is -0.727. The van der Waals surface area contributed by atoms with Gasteiger partial charge in [0.1, 0.15) is 5.25 Å². The predicted molar refractivity (Wildman–Crippen MR) is 58.0 cm³/mol. The molecule has 0 aromatic rings. The average molecular weight is 234 g/mol. The first-order valence-electron chi connectivity index (χ1n) is 5.03. The van der Waals surface area contributed by atoms with Crippen molar-refractivity contribution in [3.63, 3.8) is 0 Å². The number of carbonyl (C=O) groups is 1. The summed E-state index contributed by atoms with van der Waals surface area (Å²) < 4.78 is 22.1. The first kappa shape index (κ1) is 12.4. The molecule has 1 fully saturated rings. The Bertz CT molecular complexity index is 333. The van der Waals surface area contributed by atoms with E-state index in [2.05, 4.69) is 5.32 Å². The maximum absolute atomic E-state index is 11.4. The molecule has 0 aromatic carbocycles. The van der Waals surface area contributed by atoms with Crippen LogP contribution in [0.4, 0.5) is 0 Å². The molecule has 1 rings (SSSR count). The number of hydrogen-bond donors (Lipinski definition) is 2. The second-order valence-corrected chi connectivity index (χ2v) is 6.68. The van der Waals surface area contributed by atoms with Gasteiger partial charge in [-0.3, -0.25) is 4.79 Å². The minimum atomic E-state index is -3.29. The molecular weight excluding hydrogens is 216 g/mol. The number of nitrogens with two attached hydrogens (primary N) is 1. The summed E-state index contributed by atoms with van der Waals surface area (Å²) in [7, 11) is -3.29. The molecule has 1 saturated carbocycles. The molecule has 15 heavy (non-hydrogen) atoms. The maximum Gasteiger partial charge on any atom is 0.238 e. The van der Waals surface area contributed by atoms with Crippen LogP contribution >= 0.6 is 0 Å². The van der Waals surface area contributed by atoms with Gasteiger partial charge < -0.3 is 11.1 Å². The highest BCUT2D eigenvalue weighted by atomic mass is 32.2. The van der Waals surface area contributed by atoms with Gasteiger partial charge in [-0.05, 0) is 25.7 Å². The molecule has 0 saturated heterocycles. The third-order valence-electron chi connectivity index (χ3n) is 2.85. The Kier molecular flexibility index (Phi) is 3.72. The zero-order chi connectivity index (χ0) is 11.6. The first-order chi connectivity index (χ1) is 6.80. The molecule has 0 bridgehead atoms. The largest absolute Gasteiger partial charge is 0.355 e. The molecule has 3 N–H and O–H groups in total. The van der Waals surface area contributed by atoms with Crippen molar-refractivity contribution in [2.75, 3.05) is 12.8 Å². The molecule has 88 valence electrons. The van der Waals surface area contributed by atoms with Crippen LogP contribution in [-0.4, -0.2) is 38.4 Å². The molecule has 0 aliphatic heterocycles. The van der Waals surface area contributed by atoms with Crippen molar-refractivity contribution in [3.05, 3.63) is 0 Å². The standard InChI is InChI=1S/C9H18N2O3S/c1-6(15(2,13)14)9(12)11-5-7-3-8(10)4-7/h6-8H,3-5,10H2,1-2H3,(H,11,12). The van der Waals surface area contributed by atoms with E-state index in [-0.39, 0.29) is 6.04 Å². The van der Waals surface area contributed by atoms with Gasteiger partial charge in [-0.15, -0.1) is 0 Å². The van der Waals surface area contributed by atoms with Crippen LogP contribution in [0.5, 0.6) is 0 Å². The third kappa shape index (κ3) is 3.46. The van der Waals surface area contributed by atoms with Crippen molar-refractivity contribution < 1.29 is 13.2 Å². The van der Waals surface area contributed by atoms with Crippen LogP contribution in [0.3, 0.4) is 0 Å². The molecule has 0 radical (unpaired) electrons. The Balaban J connectivity index is 2.30. The molecule has 1 atom stereocenters. The number of sulfone groups is 1. The number of amides is 1. The summed E-state index contributed by atoms with van der Waals surface area (Å²) in [5.74, 6) is -0.00585. The van der Waals surface area contributed by atoms with Crippen LogP contribution in [0.25, 0.3) is 0 Å². The van der Waals surface area contributed by atoms with Gasteiger partial charge in [0.05, 0.1) is 0 Å². The van der Waals surface area contributed by atoms with Gasteiger partial charge >= 0.3 is 0 Å². The molecule has 5 nitrogen and oxygen atoms in total. The highest BCUT2D eigenvalue weighted by molar-refractivity contribution is 7.92. The molecule has 1 unspecified atom stereocenters. The molecular formula is C9H18N2O3S. The van der Waals surface area contributed by atoms with Crippen molar-refractivity contribution in [1.29, 1.82) is 0 Å². The van der Waals surface area contributed by atoms with Gasteiger partial charge in [-0.1, -0.05) is 0 Å². The fourth-order valence-electron chi connectivity index (χ4n) is 1.54. The highest BCUT2D eigenvalue weighted by Crippen LogP contribution is 2.24. The van der Waals surface area contributed by atoms with Crippen LogP contribution in [0.15, 0.2) is 0 Å². The van der Waals surface area contributed by atoms with Gasteiger partial charge in [0.2, 0.25) is 5.91 Å². The van der Waals surface area contributed by atoms with E-state index in [1.165, 1.54) is 6.92 Å². The van der Waals surface area contributed by atoms with Gasteiger partial charge in [0.25, 0.3) is 0 Å². The Hall–Kier alpha value is -0.620. The number of nitrogens with one attached hydrogen (secondary N) is 1. The summed E-state index contributed by atoms with van der Waals surface area (Å²) in [6, 6.07) is 0.249. The normalized spacial score (nSPS) is 27.9. The molecule has 6 heteroatoms. The van der Waals surface area contributed by atoms with E-state index in [0.717, 1.165) is 19.1 Å². The van der Waals surface area contributed by atoms with E-state index in [0.29, 0.717) is 12.5 Å². The number of rotatable bonds is 4. The first-order valence-corrected chi connectivity index (χ1v) is 6.98. The summed E-state index contributed by atoms with van der Waals surface area (Å²) in [4.78, 5) is 11.4. The lowest BCUT2D eigenvalue weighted by Gasteiger charge is -2.32. The van der Waals surface area contributed by atoms with E-state index in [1.54, 1.807) is 0 Å². The fourth-order valence-corrected chi connectivity index (χ4v) is 2.01. The van der Waals surface area contributed by atoms with Gasteiger partial charge in [-0.2, -0.15) is 0 Å². The monoisotopic (exact) mass is 234 g/mol. The number of carbonyl (C=O) groups excluding carboxylic acids is 1. The van der Waals surface area contributed by atoms with Crippen LogP contribution in [-0.2, 0) is 14.6 Å². The minimum absolute atomic E-state index is 0.249. The fraction of sp³-hybridized carbons (Fsp3) is 0.889. The van der Waals surface area contributed by atoms with E-state index in [1.807, 2.05) is 0 Å². The molecule has 1 amide bonds. The quantitative estimate of drug-likeness (QED) is 0.671. The second-order valence-electron chi connectivity index (χ2n) is 4.31. The van der Waals surface area contributed by atoms with E-state index in [4.69, 9.17) is 5.73 Å². The van der Waals surface area contributed by atoms with Gasteiger partial charge in [-0.25, -0.2) is 8.42 Å². The van der Waals surface area contributed by atoms with Crippen LogP contribution in [0, 0.1) is 5.92 Å². The Morgan fingerprint density at radius 1 is 1.53 bits per heavy atom. The minimum Gasteiger partial charge on any atom is -0.355 e. The lowest BCUT2D eigenvalue weighted by atomic mass is 9.81. The average Bonchev–Trinajstić information content (AvgIpc) is 2.07. The van der Waals surface area contributed by atoms with Crippen molar-refractivity contribution in [1.82, 2.24) is 5.32 Å². The SMILES string of the molecule is CC(C(=O)NCC1CC(N)C1)S(C)(=O)=O. The smallest absolute Gasteiger partial charge is 0.238 e. The number of hydrogen-bond acceptors (Lipinski definition) is 4. The molecule has 0 spiro atoms. The molecule has 0 heterocycles.